The molecule has 1 aromatic carbocycles. The molecule has 1 saturated heterocycles. The van der Waals surface area contributed by atoms with Gasteiger partial charge in [0.15, 0.2) is 0 Å². The molecule has 44 heavy (non-hydrogen) atoms. The summed E-state index contributed by atoms with van der Waals surface area (Å²) in [5, 5.41) is 21.6. The number of benzene rings is 1. The summed E-state index contributed by atoms with van der Waals surface area (Å²) in [5.74, 6) is 0.138. The van der Waals surface area contributed by atoms with E-state index in [4.69, 9.17) is 24.5 Å². The molecule has 1 aliphatic carbocycles. The highest BCUT2D eigenvalue weighted by Crippen LogP contribution is 2.34. The molecule has 3 amide bonds. The van der Waals surface area contributed by atoms with Crippen LogP contribution in [-0.4, -0.2) is 81.5 Å². The number of carbonyl (C=O) groups is 4. The topological polar surface area (TPSA) is 167 Å². The Hall–Kier alpha value is -4.61. The fourth-order valence-corrected chi connectivity index (χ4v) is 5.37. The van der Waals surface area contributed by atoms with Crippen molar-refractivity contribution in [1.82, 2.24) is 20.5 Å². The highest BCUT2D eigenvalue weighted by atomic mass is 16.6. The lowest BCUT2D eigenvalue weighted by molar-refractivity contribution is -0.142. The Kier molecular flexibility index (Phi) is 10.1. The zero-order valence-corrected chi connectivity index (χ0v) is 25.2. The van der Waals surface area contributed by atoms with E-state index in [1.165, 1.54) is 0 Å². The monoisotopic (exact) mass is 608 g/mol. The van der Waals surface area contributed by atoms with Gasteiger partial charge in [-0.15, -0.1) is 6.58 Å². The van der Waals surface area contributed by atoms with Crippen molar-refractivity contribution in [2.24, 2.45) is 11.3 Å². The average molecular weight is 609 g/mol. The Morgan fingerprint density at radius 3 is 2.61 bits per heavy atom. The van der Waals surface area contributed by atoms with Gasteiger partial charge in [0.1, 0.15) is 18.2 Å². The van der Waals surface area contributed by atoms with E-state index in [2.05, 4.69) is 22.2 Å². The minimum absolute atomic E-state index is 0.0223. The van der Waals surface area contributed by atoms with Crippen molar-refractivity contribution in [1.29, 1.82) is 0 Å². The van der Waals surface area contributed by atoms with Crippen molar-refractivity contribution in [3.63, 3.8) is 0 Å². The van der Waals surface area contributed by atoms with Gasteiger partial charge in [-0.3, -0.25) is 9.59 Å². The van der Waals surface area contributed by atoms with Crippen LogP contribution in [0.5, 0.6) is 5.88 Å². The Balaban J connectivity index is 0.00000104. The third-order valence-corrected chi connectivity index (χ3v) is 7.78. The van der Waals surface area contributed by atoms with Crippen molar-refractivity contribution in [3.05, 3.63) is 54.8 Å². The van der Waals surface area contributed by atoms with E-state index in [-0.39, 0.29) is 36.9 Å². The SMILES string of the molecule is C=C[C@@H]1C[C@H]1NC(=O)[C@@H]1C[C@@H]2CN1C(=O)[C@H](C(C)(C)C)NC(=O)OCCC/C=C/c1ccc3ccnc(c3c1)O2.O=C(O)O. The van der Waals surface area contributed by atoms with Crippen LogP contribution in [0.25, 0.3) is 16.8 Å². The molecule has 4 N–H and O–H groups in total. The molecule has 5 atom stereocenters. The highest BCUT2D eigenvalue weighted by Gasteiger charge is 2.47. The summed E-state index contributed by atoms with van der Waals surface area (Å²) in [6.45, 7) is 9.87. The van der Waals surface area contributed by atoms with Gasteiger partial charge >= 0.3 is 12.2 Å². The number of rotatable bonds is 3. The van der Waals surface area contributed by atoms with Crippen LogP contribution in [-0.2, 0) is 14.3 Å². The number of nitrogens with one attached hydrogen (secondary N) is 2. The van der Waals surface area contributed by atoms with Crippen molar-refractivity contribution < 1.29 is 38.9 Å². The van der Waals surface area contributed by atoms with E-state index in [0.717, 1.165) is 29.2 Å². The number of ether oxygens (including phenoxy) is 2. The number of pyridine rings is 1. The number of fused-ring (bicyclic) bond motifs is 3. The number of aromatic nitrogens is 1. The van der Waals surface area contributed by atoms with Gasteiger partial charge in [0.05, 0.1) is 13.2 Å². The van der Waals surface area contributed by atoms with Gasteiger partial charge in [-0.2, -0.15) is 0 Å². The lowest BCUT2D eigenvalue weighted by Crippen LogP contribution is -2.58. The number of allylic oxidation sites excluding steroid dienone is 1. The summed E-state index contributed by atoms with van der Waals surface area (Å²) in [6, 6.07) is 6.39. The van der Waals surface area contributed by atoms with Gasteiger partial charge < -0.3 is 35.2 Å². The number of nitrogens with zero attached hydrogens (tertiary/aromatic N) is 2. The molecule has 2 aliphatic heterocycles. The number of cyclic esters (lactones) is 1. The minimum atomic E-state index is -1.83. The minimum Gasteiger partial charge on any atom is -0.472 e. The van der Waals surface area contributed by atoms with Gasteiger partial charge in [-0.1, -0.05) is 51.1 Å². The molecule has 0 unspecified atom stereocenters. The lowest BCUT2D eigenvalue weighted by atomic mass is 9.85. The second kappa shape index (κ2) is 13.8. The molecule has 0 spiro atoms. The maximum absolute atomic E-state index is 14.0. The number of hydrogen-bond acceptors (Lipinski definition) is 7. The second-order valence-electron chi connectivity index (χ2n) is 12.2. The maximum Gasteiger partial charge on any atom is 0.503 e. The molecule has 12 heteroatoms. The summed E-state index contributed by atoms with van der Waals surface area (Å²) in [4.78, 5) is 54.8. The molecule has 1 saturated carbocycles. The summed E-state index contributed by atoms with van der Waals surface area (Å²) in [7, 11) is 0. The molecule has 1 aromatic heterocycles. The quantitative estimate of drug-likeness (QED) is 0.368. The molecule has 5 rings (SSSR count). The zero-order valence-electron chi connectivity index (χ0n) is 25.2. The Morgan fingerprint density at radius 1 is 1.18 bits per heavy atom. The molecule has 2 aromatic rings. The normalized spacial score (nSPS) is 26.1. The standard InChI is InChI=1S/C31H38N4O5.CH2O3/c1-5-20-16-24(20)33-27(36)25-17-22-18-35(25)29(37)26(31(2,3)4)34-30(38)39-14-8-6-7-9-19-10-11-21-12-13-32-28(40-22)23(21)15-19;2-1(3)4/h5,7,9-13,15,20,22,24-26H,1,6,8,14,16-18H2,2-4H3,(H,33,36)(H,34,38);(H2,2,3,4)/b9-7+;/t20-,22-,24-,25+,26-;/m1./s1. The molecule has 12 nitrogen and oxygen atoms in total. The summed E-state index contributed by atoms with van der Waals surface area (Å²) < 4.78 is 11.8. The van der Waals surface area contributed by atoms with Crippen LogP contribution in [0.15, 0.2) is 49.2 Å². The van der Waals surface area contributed by atoms with E-state index in [1.807, 2.05) is 63.3 Å². The molecule has 236 valence electrons. The van der Waals surface area contributed by atoms with Crippen LogP contribution in [0.1, 0.15) is 52.0 Å². The first-order valence-electron chi connectivity index (χ1n) is 14.7. The Labute approximate surface area is 256 Å². The summed E-state index contributed by atoms with van der Waals surface area (Å²) in [6.07, 6.45) is 7.18. The maximum atomic E-state index is 14.0. The molecular formula is C32H40N4O8. The number of alkyl carbamates (subject to hydrolysis) is 1. The largest absolute Gasteiger partial charge is 0.503 e. The number of carboxylic acid groups (broad SMARTS) is 2. The number of carbonyl (C=O) groups excluding carboxylic acids is 3. The fourth-order valence-electron chi connectivity index (χ4n) is 5.37. The molecule has 0 radical (unpaired) electrons. The van der Waals surface area contributed by atoms with E-state index < -0.39 is 35.9 Å². The highest BCUT2D eigenvalue weighted by molar-refractivity contribution is 5.93. The molecule has 3 aliphatic rings. The van der Waals surface area contributed by atoms with Gasteiger partial charge in [0.25, 0.3) is 0 Å². The fraction of sp³-hybridized carbons (Fsp3) is 0.469. The van der Waals surface area contributed by atoms with E-state index >= 15 is 0 Å². The van der Waals surface area contributed by atoms with Gasteiger partial charge in [0, 0.05) is 24.0 Å². The van der Waals surface area contributed by atoms with Crippen molar-refractivity contribution in [2.45, 2.75) is 70.7 Å². The van der Waals surface area contributed by atoms with Gasteiger partial charge in [0.2, 0.25) is 17.7 Å². The Morgan fingerprint density at radius 2 is 1.93 bits per heavy atom. The van der Waals surface area contributed by atoms with E-state index in [9.17, 15) is 14.4 Å². The Bertz CT molecular complexity index is 1430. The molecule has 3 heterocycles. The van der Waals surface area contributed by atoms with Crippen LogP contribution >= 0.6 is 0 Å². The first-order chi connectivity index (χ1) is 20.9. The zero-order chi connectivity index (χ0) is 32.0. The smallest absolute Gasteiger partial charge is 0.472 e. The predicted octanol–water partition coefficient (Wildman–Crippen LogP) is 4.44. The summed E-state index contributed by atoms with van der Waals surface area (Å²) >= 11 is 0. The van der Waals surface area contributed by atoms with Crippen LogP contribution in [0, 0.1) is 11.3 Å². The molecule has 4 bridgehead atoms. The molecular weight excluding hydrogens is 568 g/mol. The third kappa shape index (κ3) is 8.27. The second-order valence-corrected chi connectivity index (χ2v) is 12.2. The predicted molar refractivity (Wildman–Crippen MR) is 163 cm³/mol. The van der Waals surface area contributed by atoms with Crippen LogP contribution in [0.3, 0.4) is 0 Å². The van der Waals surface area contributed by atoms with Gasteiger partial charge in [-0.05, 0) is 53.7 Å². The van der Waals surface area contributed by atoms with Crippen molar-refractivity contribution in [2.75, 3.05) is 13.2 Å². The first-order valence-corrected chi connectivity index (χ1v) is 14.7. The van der Waals surface area contributed by atoms with Crippen LogP contribution in [0.2, 0.25) is 0 Å². The molecule has 2 fully saturated rings. The average Bonchev–Trinajstić information content (AvgIpc) is 3.57. The summed E-state index contributed by atoms with van der Waals surface area (Å²) in [5.41, 5.74) is 0.373. The van der Waals surface area contributed by atoms with E-state index in [0.29, 0.717) is 18.7 Å². The number of amides is 3. The van der Waals surface area contributed by atoms with Crippen LogP contribution in [0.4, 0.5) is 9.59 Å². The van der Waals surface area contributed by atoms with Crippen LogP contribution < -0.4 is 15.4 Å². The first kappa shape index (κ1) is 32.3. The van der Waals surface area contributed by atoms with Crippen molar-refractivity contribution in [3.8, 4) is 5.88 Å². The lowest BCUT2D eigenvalue weighted by Gasteiger charge is -2.35. The number of hydrogen-bond donors (Lipinski definition) is 4. The van der Waals surface area contributed by atoms with E-state index in [1.54, 1.807) is 11.1 Å². The van der Waals surface area contributed by atoms with Gasteiger partial charge in [-0.25, -0.2) is 14.6 Å². The van der Waals surface area contributed by atoms with Crippen molar-refractivity contribution >= 4 is 40.9 Å². The third-order valence-electron chi connectivity index (χ3n) is 7.78.